The Hall–Kier alpha value is -1.70. The second kappa shape index (κ2) is 5.76. The van der Waals surface area contributed by atoms with Crippen LogP contribution in [0.3, 0.4) is 0 Å². The van der Waals surface area contributed by atoms with Gasteiger partial charge in [-0.2, -0.15) is 18.4 Å². The van der Waals surface area contributed by atoms with E-state index < -0.39 is 11.7 Å². The minimum Gasteiger partial charge on any atom is -0.383 e. The number of halogens is 3. The Bertz CT molecular complexity index is 447. The molecule has 1 aromatic carbocycles. The highest BCUT2D eigenvalue weighted by atomic mass is 19.4. The molecule has 0 saturated heterocycles. The van der Waals surface area contributed by atoms with Gasteiger partial charge in [-0.15, -0.1) is 0 Å². The van der Waals surface area contributed by atoms with Gasteiger partial charge in [0, 0.05) is 11.7 Å². The number of nitriles is 1. The van der Waals surface area contributed by atoms with Gasteiger partial charge in [0.25, 0.3) is 0 Å². The molecule has 98 valence electrons. The van der Waals surface area contributed by atoms with E-state index in [1.54, 1.807) is 6.07 Å². The van der Waals surface area contributed by atoms with E-state index in [-0.39, 0.29) is 11.6 Å². The van der Waals surface area contributed by atoms with Crippen molar-refractivity contribution in [3.05, 3.63) is 29.3 Å². The molecule has 0 aliphatic rings. The first-order valence-electron chi connectivity index (χ1n) is 5.76. The quantitative estimate of drug-likeness (QED) is 0.877. The molecule has 0 amide bonds. The third-order valence-corrected chi connectivity index (χ3v) is 2.58. The fraction of sp³-hybridized carbons (Fsp3) is 0.462. The summed E-state index contributed by atoms with van der Waals surface area (Å²) < 4.78 is 38.2. The van der Waals surface area contributed by atoms with Gasteiger partial charge in [0.15, 0.2) is 0 Å². The second-order valence-electron chi connectivity index (χ2n) is 4.20. The zero-order chi connectivity index (χ0) is 13.8. The SMILES string of the molecule is CCCC(C)Nc1ccc(C#N)c(C(F)(F)F)c1. The highest BCUT2D eigenvalue weighted by Crippen LogP contribution is 2.33. The molecule has 0 fully saturated rings. The number of alkyl halides is 3. The number of nitrogens with one attached hydrogen (secondary N) is 1. The first-order chi connectivity index (χ1) is 8.38. The molecule has 18 heavy (non-hydrogen) atoms. The van der Waals surface area contributed by atoms with E-state index in [2.05, 4.69) is 5.32 Å². The summed E-state index contributed by atoms with van der Waals surface area (Å²) in [5, 5.41) is 11.7. The van der Waals surface area contributed by atoms with Gasteiger partial charge in [-0.25, -0.2) is 0 Å². The number of hydrogen-bond acceptors (Lipinski definition) is 2. The molecule has 0 aliphatic carbocycles. The van der Waals surface area contributed by atoms with Crippen LogP contribution >= 0.6 is 0 Å². The zero-order valence-corrected chi connectivity index (χ0v) is 10.3. The minimum absolute atomic E-state index is 0.101. The first-order valence-corrected chi connectivity index (χ1v) is 5.76. The number of hydrogen-bond donors (Lipinski definition) is 1. The van der Waals surface area contributed by atoms with Gasteiger partial charge >= 0.3 is 6.18 Å². The fourth-order valence-corrected chi connectivity index (χ4v) is 1.76. The topological polar surface area (TPSA) is 35.8 Å². The van der Waals surface area contributed by atoms with Crippen molar-refractivity contribution in [1.29, 1.82) is 5.26 Å². The predicted molar refractivity (Wildman–Crippen MR) is 64.2 cm³/mol. The summed E-state index contributed by atoms with van der Waals surface area (Å²) in [6.07, 6.45) is -2.67. The van der Waals surface area contributed by atoms with E-state index in [4.69, 9.17) is 5.26 Å². The molecule has 0 saturated carbocycles. The van der Waals surface area contributed by atoms with Crippen molar-refractivity contribution in [2.24, 2.45) is 0 Å². The van der Waals surface area contributed by atoms with Crippen LogP contribution in [0, 0.1) is 11.3 Å². The maximum atomic E-state index is 12.7. The lowest BCUT2D eigenvalue weighted by molar-refractivity contribution is -0.137. The van der Waals surface area contributed by atoms with Gasteiger partial charge < -0.3 is 5.32 Å². The lowest BCUT2D eigenvalue weighted by Gasteiger charge is -2.16. The van der Waals surface area contributed by atoms with Gasteiger partial charge in [-0.1, -0.05) is 13.3 Å². The van der Waals surface area contributed by atoms with Gasteiger partial charge in [0.05, 0.1) is 17.2 Å². The Morgan fingerprint density at radius 2 is 2.06 bits per heavy atom. The van der Waals surface area contributed by atoms with Crippen molar-refractivity contribution in [3.8, 4) is 6.07 Å². The first kappa shape index (κ1) is 14.4. The molecule has 1 aromatic rings. The monoisotopic (exact) mass is 256 g/mol. The normalized spacial score (nSPS) is 12.9. The van der Waals surface area contributed by atoms with E-state index >= 15 is 0 Å². The van der Waals surface area contributed by atoms with Crippen LogP contribution in [0.2, 0.25) is 0 Å². The summed E-state index contributed by atoms with van der Waals surface area (Å²) in [6.45, 7) is 3.92. The van der Waals surface area contributed by atoms with E-state index in [0.29, 0.717) is 5.69 Å². The molecular weight excluding hydrogens is 241 g/mol. The molecule has 0 aromatic heterocycles. The molecule has 1 N–H and O–H groups in total. The molecule has 1 rings (SSSR count). The van der Waals surface area contributed by atoms with Crippen molar-refractivity contribution in [3.63, 3.8) is 0 Å². The van der Waals surface area contributed by atoms with Crippen LogP contribution < -0.4 is 5.32 Å². The Morgan fingerprint density at radius 1 is 1.39 bits per heavy atom. The summed E-state index contributed by atoms with van der Waals surface area (Å²) in [6, 6.07) is 5.35. The average molecular weight is 256 g/mol. The fourth-order valence-electron chi connectivity index (χ4n) is 1.76. The van der Waals surface area contributed by atoms with Crippen molar-refractivity contribution < 1.29 is 13.2 Å². The van der Waals surface area contributed by atoms with Crippen molar-refractivity contribution in [2.45, 2.75) is 38.9 Å². The van der Waals surface area contributed by atoms with Crippen molar-refractivity contribution in [2.75, 3.05) is 5.32 Å². The van der Waals surface area contributed by atoms with Crippen LogP contribution in [-0.2, 0) is 6.18 Å². The molecule has 0 heterocycles. The maximum absolute atomic E-state index is 12.7. The summed E-state index contributed by atoms with van der Waals surface area (Å²) >= 11 is 0. The average Bonchev–Trinajstić information content (AvgIpc) is 2.28. The molecule has 2 nitrogen and oxygen atoms in total. The number of rotatable bonds is 4. The molecule has 1 unspecified atom stereocenters. The number of benzene rings is 1. The van der Waals surface area contributed by atoms with Gasteiger partial charge in [-0.3, -0.25) is 0 Å². The molecule has 0 bridgehead atoms. The van der Waals surface area contributed by atoms with Gasteiger partial charge in [0.2, 0.25) is 0 Å². The van der Waals surface area contributed by atoms with Crippen molar-refractivity contribution in [1.82, 2.24) is 0 Å². The van der Waals surface area contributed by atoms with Crippen LogP contribution in [0.25, 0.3) is 0 Å². The highest BCUT2D eigenvalue weighted by molar-refractivity contribution is 5.53. The predicted octanol–water partition coefficient (Wildman–Crippen LogP) is 4.18. The van der Waals surface area contributed by atoms with Gasteiger partial charge in [0.1, 0.15) is 0 Å². The van der Waals surface area contributed by atoms with E-state index in [9.17, 15) is 13.2 Å². The van der Waals surface area contributed by atoms with E-state index in [0.717, 1.165) is 18.9 Å². The molecule has 5 heteroatoms. The van der Waals surface area contributed by atoms with Crippen LogP contribution in [-0.4, -0.2) is 6.04 Å². The Kier molecular flexibility index (Phi) is 4.60. The third-order valence-electron chi connectivity index (χ3n) is 2.58. The zero-order valence-electron chi connectivity index (χ0n) is 10.3. The smallest absolute Gasteiger partial charge is 0.383 e. The summed E-state index contributed by atoms with van der Waals surface area (Å²) in [5.74, 6) is 0. The number of anilines is 1. The lowest BCUT2D eigenvalue weighted by Crippen LogP contribution is -2.16. The van der Waals surface area contributed by atoms with Crippen LogP contribution in [0.5, 0.6) is 0 Å². The Balaban J connectivity index is 3.01. The summed E-state index contributed by atoms with van der Waals surface area (Å²) in [7, 11) is 0. The third kappa shape index (κ3) is 3.66. The Labute approximate surface area is 104 Å². The van der Waals surface area contributed by atoms with Crippen LogP contribution in [0.15, 0.2) is 18.2 Å². The van der Waals surface area contributed by atoms with E-state index in [1.165, 1.54) is 12.1 Å². The molecular formula is C13H15F3N2. The molecule has 0 aliphatic heterocycles. The molecule has 0 spiro atoms. The molecule has 1 atom stereocenters. The molecule has 0 radical (unpaired) electrons. The Morgan fingerprint density at radius 3 is 2.56 bits per heavy atom. The van der Waals surface area contributed by atoms with Crippen molar-refractivity contribution >= 4 is 5.69 Å². The summed E-state index contributed by atoms with van der Waals surface area (Å²) in [4.78, 5) is 0. The summed E-state index contributed by atoms with van der Waals surface area (Å²) in [5.41, 5.74) is -0.850. The largest absolute Gasteiger partial charge is 0.417 e. The lowest BCUT2D eigenvalue weighted by atomic mass is 10.1. The number of nitrogens with zero attached hydrogens (tertiary/aromatic N) is 1. The van der Waals surface area contributed by atoms with Crippen LogP contribution in [0.4, 0.5) is 18.9 Å². The van der Waals surface area contributed by atoms with Crippen LogP contribution in [0.1, 0.15) is 37.8 Å². The van der Waals surface area contributed by atoms with Gasteiger partial charge in [-0.05, 0) is 31.5 Å². The highest BCUT2D eigenvalue weighted by Gasteiger charge is 2.33. The van der Waals surface area contributed by atoms with E-state index in [1.807, 2.05) is 13.8 Å². The standard InChI is InChI=1S/C13H15F3N2/c1-3-4-9(2)18-11-6-5-10(8-17)12(7-11)13(14,15)16/h5-7,9,18H,3-4H2,1-2H3. The second-order valence-corrected chi connectivity index (χ2v) is 4.20. The minimum atomic E-state index is -4.50. The maximum Gasteiger partial charge on any atom is 0.417 e.